The number of nitrogens with zero attached hydrogens (tertiary/aromatic N) is 2. The Bertz CT molecular complexity index is 964. The number of hydrogen-bond acceptors (Lipinski definition) is 4. The number of nitrogens with one attached hydrogen (secondary N) is 1. The van der Waals surface area contributed by atoms with Gasteiger partial charge >= 0.3 is 0 Å². The molecule has 0 saturated carbocycles. The molecule has 0 amide bonds. The van der Waals surface area contributed by atoms with Crippen molar-refractivity contribution in [3.05, 3.63) is 47.9 Å². The summed E-state index contributed by atoms with van der Waals surface area (Å²) < 4.78 is 25.0. The lowest BCUT2D eigenvalue weighted by Gasteiger charge is -2.34. The first kappa shape index (κ1) is 19.6. The zero-order chi connectivity index (χ0) is 20.2. The van der Waals surface area contributed by atoms with Gasteiger partial charge in [-0.25, -0.2) is 4.39 Å². The van der Waals surface area contributed by atoms with Crippen LogP contribution in [0.5, 0.6) is 11.5 Å². The molecule has 0 aliphatic carbocycles. The van der Waals surface area contributed by atoms with Gasteiger partial charge in [-0.3, -0.25) is 5.10 Å². The van der Waals surface area contributed by atoms with Crippen molar-refractivity contribution in [2.75, 3.05) is 31.7 Å². The van der Waals surface area contributed by atoms with Gasteiger partial charge in [0.05, 0.1) is 30.6 Å². The lowest BCUT2D eigenvalue weighted by Crippen LogP contribution is -2.33. The smallest absolute Gasteiger partial charge is 0.184 e. The maximum atomic E-state index is 13.4. The first-order chi connectivity index (χ1) is 14.2. The normalized spacial score (nSPS) is 15.1. The van der Waals surface area contributed by atoms with E-state index in [0.29, 0.717) is 18.3 Å². The van der Waals surface area contributed by atoms with Gasteiger partial charge in [-0.2, -0.15) is 5.10 Å². The topological polar surface area (TPSA) is 50.4 Å². The molecule has 0 spiro atoms. The van der Waals surface area contributed by atoms with Crippen molar-refractivity contribution in [2.45, 2.75) is 38.5 Å². The molecule has 1 aliphatic heterocycles. The Kier molecular flexibility index (Phi) is 5.88. The lowest BCUT2D eigenvalue weighted by atomic mass is 9.91. The first-order valence-electron chi connectivity index (χ1n) is 10.3. The summed E-state index contributed by atoms with van der Waals surface area (Å²) >= 11 is 0. The molecule has 0 unspecified atom stereocenters. The fourth-order valence-corrected chi connectivity index (χ4v) is 4.04. The minimum Gasteiger partial charge on any atom is -0.491 e. The standard InChI is InChI=1S/C23H27FN3O2/c1-3-4-14-29-21-7-5-6-20(23(21)28-2)27-12-10-16(11-13-27)22-18-9-8-17(24)15-19(18)25-26-22/h5-6,8-9,15-16H,3-4,10-14H2,1-2H3,(H,25,26). The molecule has 1 N–H and O–H groups in total. The third-order valence-corrected chi connectivity index (χ3v) is 5.62. The third-order valence-electron chi connectivity index (χ3n) is 5.62. The van der Waals surface area contributed by atoms with Crippen LogP contribution in [0.3, 0.4) is 0 Å². The monoisotopic (exact) mass is 396 g/mol. The largest absolute Gasteiger partial charge is 0.491 e. The van der Waals surface area contributed by atoms with Crippen LogP contribution in [0.2, 0.25) is 0 Å². The molecule has 1 aromatic heterocycles. The van der Waals surface area contributed by atoms with Crippen LogP contribution in [0.4, 0.5) is 10.1 Å². The van der Waals surface area contributed by atoms with Crippen LogP contribution >= 0.6 is 0 Å². The molecule has 1 fully saturated rings. The number of halogens is 1. The van der Waals surface area contributed by atoms with Gasteiger partial charge in [0.1, 0.15) is 5.82 Å². The summed E-state index contributed by atoms with van der Waals surface area (Å²) in [5.74, 6) is 1.54. The van der Waals surface area contributed by atoms with E-state index in [1.807, 2.05) is 18.2 Å². The molecule has 3 aromatic rings. The number of rotatable bonds is 7. The molecule has 2 aromatic carbocycles. The van der Waals surface area contributed by atoms with Crippen molar-refractivity contribution in [2.24, 2.45) is 0 Å². The second-order valence-electron chi connectivity index (χ2n) is 7.49. The molecule has 0 atom stereocenters. The van der Waals surface area contributed by atoms with Crippen molar-refractivity contribution >= 4 is 16.6 Å². The van der Waals surface area contributed by atoms with Crippen molar-refractivity contribution < 1.29 is 13.9 Å². The van der Waals surface area contributed by atoms with Gasteiger partial charge in [-0.1, -0.05) is 13.3 Å². The highest BCUT2D eigenvalue weighted by molar-refractivity contribution is 5.81. The van der Waals surface area contributed by atoms with Crippen LogP contribution in [-0.4, -0.2) is 37.0 Å². The minimum absolute atomic E-state index is 0.243. The molecular weight excluding hydrogens is 369 g/mol. The molecule has 4 rings (SSSR count). The van der Waals surface area contributed by atoms with E-state index in [-0.39, 0.29) is 5.82 Å². The number of unbranched alkanes of at least 4 members (excludes halogenated alkanes) is 1. The van der Waals surface area contributed by atoms with E-state index < -0.39 is 0 Å². The minimum atomic E-state index is -0.243. The molecule has 1 aliphatic rings. The maximum absolute atomic E-state index is 13.4. The van der Waals surface area contributed by atoms with E-state index in [4.69, 9.17) is 9.47 Å². The molecule has 5 nitrogen and oxygen atoms in total. The molecular formula is C23H27FN3O2. The molecule has 1 radical (unpaired) electrons. The van der Waals surface area contributed by atoms with Crippen LogP contribution in [0.25, 0.3) is 10.9 Å². The van der Waals surface area contributed by atoms with Gasteiger partial charge in [-0.15, -0.1) is 0 Å². The van der Waals surface area contributed by atoms with Crippen molar-refractivity contribution in [3.8, 4) is 11.5 Å². The highest BCUT2D eigenvalue weighted by Gasteiger charge is 2.26. The Balaban J connectivity index is 1.48. The van der Waals surface area contributed by atoms with Crippen LogP contribution in [0.1, 0.15) is 44.2 Å². The quantitative estimate of drug-likeness (QED) is 0.566. The number of aromatic amines is 1. The molecule has 6 heteroatoms. The number of H-pyrrole nitrogens is 1. The second-order valence-corrected chi connectivity index (χ2v) is 7.49. The number of piperidine rings is 1. The molecule has 0 bridgehead atoms. The predicted octanol–water partition coefficient (Wildman–Crippen LogP) is 5.07. The van der Waals surface area contributed by atoms with E-state index in [9.17, 15) is 4.39 Å². The third kappa shape index (κ3) is 4.02. The summed E-state index contributed by atoms with van der Waals surface area (Å²) in [6, 6.07) is 11.9. The van der Waals surface area contributed by atoms with Crippen LogP contribution < -0.4 is 14.4 Å². The Morgan fingerprint density at radius 3 is 2.86 bits per heavy atom. The van der Waals surface area contributed by atoms with Crippen molar-refractivity contribution in [1.29, 1.82) is 0 Å². The van der Waals surface area contributed by atoms with Crippen molar-refractivity contribution in [1.82, 2.24) is 10.2 Å². The zero-order valence-corrected chi connectivity index (χ0v) is 17.0. The summed E-state index contributed by atoms with van der Waals surface area (Å²) in [6.07, 6.45) is 4.05. The highest BCUT2D eigenvalue weighted by atomic mass is 19.1. The van der Waals surface area contributed by atoms with E-state index in [0.717, 1.165) is 66.8 Å². The van der Waals surface area contributed by atoms with Crippen molar-refractivity contribution in [3.63, 3.8) is 0 Å². The molecule has 29 heavy (non-hydrogen) atoms. The number of hydrogen-bond donors (Lipinski definition) is 1. The van der Waals surface area contributed by atoms with Gasteiger partial charge in [0.15, 0.2) is 11.5 Å². The maximum Gasteiger partial charge on any atom is 0.184 e. The molecule has 153 valence electrons. The Hall–Kier alpha value is -2.76. The average Bonchev–Trinajstić information content (AvgIpc) is 3.17. The van der Waals surface area contributed by atoms with E-state index in [1.165, 1.54) is 12.1 Å². The number of aromatic nitrogens is 2. The summed E-state index contributed by atoms with van der Waals surface area (Å²) in [5, 5.41) is 8.48. The van der Waals surface area contributed by atoms with Gasteiger partial charge in [-0.05, 0) is 49.6 Å². The number of anilines is 1. The fraction of sp³-hybridized carbons (Fsp3) is 0.435. The average molecular weight is 396 g/mol. The summed E-state index contributed by atoms with van der Waals surface area (Å²) in [7, 11) is 1.68. The molecule has 2 heterocycles. The zero-order valence-electron chi connectivity index (χ0n) is 17.0. The van der Waals surface area contributed by atoms with E-state index in [2.05, 4.69) is 28.1 Å². The number of benzene rings is 2. The molecule has 1 saturated heterocycles. The van der Waals surface area contributed by atoms with Gasteiger partial charge in [0.2, 0.25) is 0 Å². The number of fused-ring (bicyclic) bond motifs is 1. The summed E-state index contributed by atoms with van der Waals surface area (Å²) in [6.45, 7) is 4.61. The van der Waals surface area contributed by atoms with Crippen LogP contribution in [-0.2, 0) is 0 Å². The Labute approximate surface area is 170 Å². The highest BCUT2D eigenvalue weighted by Crippen LogP contribution is 2.40. The second kappa shape index (κ2) is 8.72. The summed E-state index contributed by atoms with van der Waals surface area (Å²) in [4.78, 5) is 2.34. The van der Waals surface area contributed by atoms with Gasteiger partial charge in [0, 0.05) is 30.5 Å². The summed E-state index contributed by atoms with van der Waals surface area (Å²) in [5.41, 5.74) is 2.85. The SMILES string of the molecule is CCCCOc1[c]ccc(N2CCC(c3n[nH]c4cc(F)ccc34)CC2)c1OC. The number of ether oxygens (including phenoxy) is 2. The number of methoxy groups -OCH3 is 1. The fourth-order valence-electron chi connectivity index (χ4n) is 4.04. The Morgan fingerprint density at radius 2 is 2.10 bits per heavy atom. The van der Waals surface area contributed by atoms with Crippen LogP contribution in [0, 0.1) is 11.9 Å². The van der Waals surface area contributed by atoms with E-state index in [1.54, 1.807) is 7.11 Å². The van der Waals surface area contributed by atoms with E-state index >= 15 is 0 Å². The van der Waals surface area contributed by atoms with Gasteiger partial charge in [0.25, 0.3) is 0 Å². The lowest BCUT2D eigenvalue weighted by molar-refractivity contribution is 0.287. The van der Waals surface area contributed by atoms with Gasteiger partial charge < -0.3 is 14.4 Å². The Morgan fingerprint density at radius 1 is 1.28 bits per heavy atom. The first-order valence-corrected chi connectivity index (χ1v) is 10.3. The van der Waals surface area contributed by atoms with Crippen LogP contribution in [0.15, 0.2) is 30.3 Å². The predicted molar refractivity (Wildman–Crippen MR) is 112 cm³/mol.